The fourth-order valence-corrected chi connectivity index (χ4v) is 4.75. The number of likely N-dealkylation sites (N-methyl/N-ethyl adjacent to an activating group) is 1. The highest BCUT2D eigenvalue weighted by atomic mass is 15.2. The topological polar surface area (TPSA) is 3.24 Å². The van der Waals surface area contributed by atoms with E-state index in [1.807, 2.05) is 0 Å². The van der Waals surface area contributed by atoms with Crippen molar-refractivity contribution in [2.45, 2.75) is 50.1 Å². The lowest BCUT2D eigenvalue weighted by atomic mass is 9.73. The third-order valence-electron chi connectivity index (χ3n) is 5.96. The first-order valence-electron chi connectivity index (χ1n) is 8.57. The highest BCUT2D eigenvalue weighted by Gasteiger charge is 2.46. The lowest BCUT2D eigenvalue weighted by molar-refractivity contribution is 0.137. The van der Waals surface area contributed by atoms with Crippen LogP contribution >= 0.6 is 0 Å². The van der Waals surface area contributed by atoms with Crippen molar-refractivity contribution in [3.63, 3.8) is 0 Å². The highest BCUT2D eigenvalue weighted by molar-refractivity contribution is 5.34. The number of benzene rings is 2. The second-order valence-corrected chi connectivity index (χ2v) is 7.15. The number of hydrogen-bond donors (Lipinski definition) is 0. The summed E-state index contributed by atoms with van der Waals surface area (Å²) in [5.41, 5.74) is 4.41. The van der Waals surface area contributed by atoms with Crippen molar-refractivity contribution >= 4 is 0 Å². The van der Waals surface area contributed by atoms with Crippen LogP contribution in [-0.2, 0) is 0 Å². The molecule has 0 aliphatic carbocycles. The van der Waals surface area contributed by atoms with Gasteiger partial charge in [0.2, 0.25) is 0 Å². The van der Waals surface area contributed by atoms with Gasteiger partial charge >= 0.3 is 0 Å². The van der Waals surface area contributed by atoms with Crippen LogP contribution in [0.5, 0.6) is 0 Å². The molecule has 0 N–H and O–H groups in total. The van der Waals surface area contributed by atoms with Gasteiger partial charge in [-0.1, -0.05) is 60.2 Å². The molecule has 2 bridgehead atoms. The minimum Gasteiger partial charge on any atom is -0.300 e. The maximum atomic E-state index is 2.66. The van der Waals surface area contributed by atoms with Crippen molar-refractivity contribution in [3.8, 4) is 0 Å². The lowest BCUT2D eigenvalue weighted by Gasteiger charge is -2.43. The molecule has 0 spiro atoms. The van der Waals surface area contributed by atoms with Crippen LogP contribution in [0.15, 0.2) is 54.6 Å². The minimum atomic E-state index is 0.632. The van der Waals surface area contributed by atoms with Gasteiger partial charge in [-0.2, -0.15) is 0 Å². The molecule has 0 saturated carbocycles. The van der Waals surface area contributed by atoms with Crippen LogP contribution in [0.25, 0.3) is 0 Å². The van der Waals surface area contributed by atoms with Crippen LogP contribution in [-0.4, -0.2) is 24.0 Å². The zero-order valence-electron chi connectivity index (χ0n) is 13.6. The molecule has 0 radical (unpaired) electrons. The molecule has 2 aromatic rings. The quantitative estimate of drug-likeness (QED) is 0.773. The molecule has 2 heterocycles. The summed E-state index contributed by atoms with van der Waals surface area (Å²) in [5.74, 6) is 1.30. The van der Waals surface area contributed by atoms with E-state index in [2.05, 4.69) is 73.5 Å². The van der Waals surface area contributed by atoms with Gasteiger partial charge in [0.1, 0.15) is 0 Å². The average Bonchev–Trinajstić information content (AvgIpc) is 2.79. The third kappa shape index (κ3) is 2.28. The van der Waals surface area contributed by atoms with Gasteiger partial charge in [0, 0.05) is 18.0 Å². The largest absolute Gasteiger partial charge is 0.300 e. The Kier molecular flexibility index (Phi) is 3.54. The van der Waals surface area contributed by atoms with E-state index in [0.29, 0.717) is 17.9 Å². The van der Waals surface area contributed by atoms with E-state index in [-0.39, 0.29) is 0 Å². The van der Waals surface area contributed by atoms with Crippen LogP contribution in [0.1, 0.15) is 47.8 Å². The molecule has 2 saturated heterocycles. The molecule has 22 heavy (non-hydrogen) atoms. The van der Waals surface area contributed by atoms with Crippen LogP contribution in [0.3, 0.4) is 0 Å². The molecule has 4 rings (SSSR count). The van der Waals surface area contributed by atoms with Crippen molar-refractivity contribution in [3.05, 3.63) is 71.3 Å². The van der Waals surface area contributed by atoms with Gasteiger partial charge in [-0.25, -0.2) is 0 Å². The molecular formula is C21H25N. The minimum absolute atomic E-state index is 0.632. The Balaban J connectivity index is 1.76. The van der Waals surface area contributed by atoms with E-state index in [1.165, 1.54) is 36.0 Å². The number of hydrogen-bond acceptors (Lipinski definition) is 1. The summed E-state index contributed by atoms with van der Waals surface area (Å²) in [5, 5.41) is 0. The number of nitrogens with zero attached hydrogens (tertiary/aromatic N) is 1. The highest BCUT2D eigenvalue weighted by Crippen LogP contribution is 2.50. The van der Waals surface area contributed by atoms with Gasteiger partial charge in [0.25, 0.3) is 0 Å². The van der Waals surface area contributed by atoms with E-state index < -0.39 is 0 Å². The Morgan fingerprint density at radius 2 is 1.59 bits per heavy atom. The first-order valence-corrected chi connectivity index (χ1v) is 8.57. The van der Waals surface area contributed by atoms with E-state index in [0.717, 1.165) is 6.04 Å². The number of rotatable bonds is 2. The summed E-state index contributed by atoms with van der Waals surface area (Å²) >= 11 is 0. The normalized spacial score (nSPS) is 31.4. The lowest BCUT2D eigenvalue weighted by Crippen LogP contribution is -2.44. The number of aryl methyl sites for hydroxylation is 1. The molecule has 2 aromatic carbocycles. The van der Waals surface area contributed by atoms with Crippen molar-refractivity contribution in [2.75, 3.05) is 7.05 Å². The molecule has 1 unspecified atom stereocenters. The van der Waals surface area contributed by atoms with Crippen molar-refractivity contribution in [1.82, 2.24) is 4.90 Å². The molecule has 114 valence electrons. The summed E-state index contributed by atoms with van der Waals surface area (Å²) in [6.45, 7) is 2.18. The van der Waals surface area contributed by atoms with Gasteiger partial charge in [-0.15, -0.1) is 0 Å². The SMILES string of the molecule is Cc1ccc(C2C[C@@H]3CC[C@@H]([C@H]2c2ccccc2)N3C)cc1. The predicted octanol–water partition coefficient (Wildman–Crippen LogP) is 4.73. The van der Waals surface area contributed by atoms with E-state index >= 15 is 0 Å². The van der Waals surface area contributed by atoms with Gasteiger partial charge < -0.3 is 0 Å². The van der Waals surface area contributed by atoms with Crippen molar-refractivity contribution in [2.24, 2.45) is 0 Å². The number of fused-ring (bicyclic) bond motifs is 2. The molecule has 0 aromatic heterocycles. The fraction of sp³-hybridized carbons (Fsp3) is 0.429. The second kappa shape index (κ2) is 5.55. The molecule has 2 aliphatic rings. The van der Waals surface area contributed by atoms with Crippen LogP contribution in [0, 0.1) is 6.92 Å². The van der Waals surface area contributed by atoms with E-state index in [1.54, 1.807) is 0 Å². The van der Waals surface area contributed by atoms with Gasteiger partial charge in [-0.3, -0.25) is 4.90 Å². The first-order chi connectivity index (χ1) is 10.7. The Morgan fingerprint density at radius 1 is 0.864 bits per heavy atom. The smallest absolute Gasteiger partial charge is 0.0170 e. The first kappa shape index (κ1) is 14.0. The summed E-state index contributed by atoms with van der Waals surface area (Å²) < 4.78 is 0. The maximum Gasteiger partial charge on any atom is 0.0170 e. The summed E-state index contributed by atoms with van der Waals surface area (Å²) in [6, 6.07) is 21.9. The third-order valence-corrected chi connectivity index (χ3v) is 5.96. The maximum absolute atomic E-state index is 2.66. The summed E-state index contributed by atoms with van der Waals surface area (Å²) in [6.07, 6.45) is 4.02. The molecular weight excluding hydrogens is 266 g/mol. The summed E-state index contributed by atoms with van der Waals surface area (Å²) in [7, 11) is 2.34. The molecule has 1 heteroatoms. The molecule has 2 aliphatic heterocycles. The van der Waals surface area contributed by atoms with Crippen molar-refractivity contribution < 1.29 is 0 Å². The predicted molar refractivity (Wildman–Crippen MR) is 92.3 cm³/mol. The van der Waals surface area contributed by atoms with Gasteiger partial charge in [0.15, 0.2) is 0 Å². The van der Waals surface area contributed by atoms with Gasteiger partial charge in [0.05, 0.1) is 0 Å². The number of piperidine rings is 1. The Bertz CT molecular complexity index is 631. The van der Waals surface area contributed by atoms with E-state index in [4.69, 9.17) is 0 Å². The van der Waals surface area contributed by atoms with Crippen LogP contribution in [0.4, 0.5) is 0 Å². The van der Waals surface area contributed by atoms with Crippen molar-refractivity contribution in [1.29, 1.82) is 0 Å². The van der Waals surface area contributed by atoms with Crippen LogP contribution < -0.4 is 0 Å². The average molecular weight is 291 g/mol. The zero-order chi connectivity index (χ0) is 15.1. The zero-order valence-corrected chi connectivity index (χ0v) is 13.6. The van der Waals surface area contributed by atoms with E-state index in [9.17, 15) is 0 Å². The molecule has 2 fully saturated rings. The Labute approximate surface area is 134 Å². The second-order valence-electron chi connectivity index (χ2n) is 7.15. The molecule has 4 atom stereocenters. The standard InChI is InChI=1S/C21H25N/c1-15-8-10-16(11-9-15)19-14-18-12-13-20(22(18)2)21(19)17-6-4-3-5-7-17/h3-11,18-21H,12-14H2,1-2H3/t18-,19?,20-,21-/m0/s1. The molecule has 1 nitrogen and oxygen atoms in total. The Morgan fingerprint density at radius 3 is 2.32 bits per heavy atom. The summed E-state index contributed by atoms with van der Waals surface area (Å²) in [4.78, 5) is 2.66. The fourth-order valence-electron chi connectivity index (χ4n) is 4.75. The Hall–Kier alpha value is -1.60. The monoisotopic (exact) mass is 291 g/mol. The van der Waals surface area contributed by atoms with Gasteiger partial charge in [-0.05, 0) is 50.3 Å². The molecule has 0 amide bonds. The van der Waals surface area contributed by atoms with Crippen LogP contribution in [0.2, 0.25) is 0 Å².